The summed E-state index contributed by atoms with van der Waals surface area (Å²) in [5.74, 6) is -5.58. The van der Waals surface area contributed by atoms with Crippen LogP contribution in [-0.2, 0) is 0 Å². The molecule has 4 nitrogen and oxygen atoms in total. The first-order valence-electron chi connectivity index (χ1n) is 3.79. The first-order valence-corrected chi connectivity index (χ1v) is 3.79. The first kappa shape index (κ1) is 9.50. The average molecular weight is 216 g/mol. The Morgan fingerprint density at radius 1 is 1.20 bits per heavy atom. The minimum absolute atomic E-state index is 0.295. The number of rotatable bonds is 1. The second-order valence-corrected chi connectivity index (χ2v) is 2.67. The molecule has 1 aromatic carbocycles. The van der Waals surface area contributed by atoms with Crippen molar-refractivity contribution in [2.45, 2.75) is 0 Å². The zero-order valence-electron chi connectivity index (χ0n) is 7.05. The Hall–Kier alpha value is -2.05. The van der Waals surface area contributed by atoms with Crippen molar-refractivity contribution in [1.29, 1.82) is 0 Å². The minimum atomic E-state index is -1.63. The summed E-state index contributed by atoms with van der Waals surface area (Å²) in [4.78, 5) is 12.6. The van der Waals surface area contributed by atoms with E-state index in [-0.39, 0.29) is 11.4 Å². The molecule has 1 N–H and O–H groups in total. The van der Waals surface area contributed by atoms with E-state index in [0.717, 1.165) is 12.1 Å². The SMILES string of the molecule is O=c1[nH]c(-c2ccc(F)c(F)c2F)no1. The van der Waals surface area contributed by atoms with Crippen LogP contribution in [0.25, 0.3) is 11.4 Å². The number of nitrogens with one attached hydrogen (secondary N) is 1. The molecule has 2 rings (SSSR count). The second-order valence-electron chi connectivity index (χ2n) is 2.67. The van der Waals surface area contributed by atoms with Gasteiger partial charge in [0.1, 0.15) is 0 Å². The van der Waals surface area contributed by atoms with E-state index in [1.165, 1.54) is 0 Å². The maximum absolute atomic E-state index is 13.1. The highest BCUT2D eigenvalue weighted by Crippen LogP contribution is 2.22. The van der Waals surface area contributed by atoms with Crippen LogP contribution in [0.4, 0.5) is 13.2 Å². The summed E-state index contributed by atoms with van der Waals surface area (Å²) in [5.41, 5.74) is -0.375. The van der Waals surface area contributed by atoms with Crippen LogP contribution < -0.4 is 5.76 Å². The van der Waals surface area contributed by atoms with Crippen LogP contribution in [0.1, 0.15) is 0 Å². The number of hydrogen-bond donors (Lipinski definition) is 1. The third-order valence-electron chi connectivity index (χ3n) is 1.73. The lowest BCUT2D eigenvalue weighted by Crippen LogP contribution is -1.98. The van der Waals surface area contributed by atoms with Crippen LogP contribution in [0.2, 0.25) is 0 Å². The number of aromatic nitrogens is 2. The van der Waals surface area contributed by atoms with Gasteiger partial charge in [0.15, 0.2) is 23.3 Å². The Labute approximate surface area is 80.3 Å². The fourth-order valence-electron chi connectivity index (χ4n) is 1.05. The molecule has 0 amide bonds. The summed E-state index contributed by atoms with van der Waals surface area (Å²) in [6.07, 6.45) is 0. The highest BCUT2D eigenvalue weighted by atomic mass is 19.2. The van der Waals surface area contributed by atoms with Gasteiger partial charge >= 0.3 is 5.76 Å². The van der Waals surface area contributed by atoms with Crippen molar-refractivity contribution in [3.63, 3.8) is 0 Å². The van der Waals surface area contributed by atoms with Crippen LogP contribution >= 0.6 is 0 Å². The topological polar surface area (TPSA) is 58.9 Å². The number of hydrogen-bond acceptors (Lipinski definition) is 3. The van der Waals surface area contributed by atoms with Gasteiger partial charge in [0, 0.05) is 0 Å². The Bertz CT molecular complexity index is 561. The third kappa shape index (κ3) is 1.51. The van der Waals surface area contributed by atoms with E-state index in [1.54, 1.807) is 0 Å². The van der Waals surface area contributed by atoms with Crippen molar-refractivity contribution in [3.05, 3.63) is 40.1 Å². The van der Waals surface area contributed by atoms with Crippen LogP contribution in [0.3, 0.4) is 0 Å². The molecule has 0 atom stereocenters. The van der Waals surface area contributed by atoms with Gasteiger partial charge in [0.2, 0.25) is 0 Å². The molecule has 0 saturated heterocycles. The highest BCUT2D eigenvalue weighted by Gasteiger charge is 2.17. The number of aromatic amines is 1. The van der Waals surface area contributed by atoms with Gasteiger partial charge in [0.25, 0.3) is 0 Å². The number of nitrogens with zero attached hydrogens (tertiary/aromatic N) is 1. The summed E-state index contributed by atoms with van der Waals surface area (Å²) < 4.78 is 42.6. The Kier molecular flexibility index (Phi) is 2.07. The molecule has 7 heteroatoms. The van der Waals surface area contributed by atoms with E-state index in [0.29, 0.717) is 0 Å². The fraction of sp³-hybridized carbons (Fsp3) is 0. The Morgan fingerprint density at radius 3 is 2.53 bits per heavy atom. The molecule has 2 aromatic rings. The van der Waals surface area contributed by atoms with E-state index >= 15 is 0 Å². The van der Waals surface area contributed by atoms with Crippen molar-refractivity contribution >= 4 is 0 Å². The molecule has 0 fully saturated rings. The molecule has 0 aliphatic rings. The predicted octanol–water partition coefficient (Wildman–Crippen LogP) is 1.45. The van der Waals surface area contributed by atoms with E-state index in [2.05, 4.69) is 9.68 Å². The minimum Gasteiger partial charge on any atom is -0.296 e. The van der Waals surface area contributed by atoms with Crippen molar-refractivity contribution in [1.82, 2.24) is 10.1 Å². The summed E-state index contributed by atoms with van der Waals surface area (Å²) in [7, 11) is 0. The predicted molar refractivity (Wildman–Crippen MR) is 42.4 cm³/mol. The zero-order valence-corrected chi connectivity index (χ0v) is 7.05. The molecule has 0 spiro atoms. The smallest absolute Gasteiger partial charge is 0.296 e. The van der Waals surface area contributed by atoms with Crippen molar-refractivity contribution in [2.24, 2.45) is 0 Å². The van der Waals surface area contributed by atoms with Gasteiger partial charge in [-0.15, -0.1) is 0 Å². The van der Waals surface area contributed by atoms with Crippen molar-refractivity contribution < 1.29 is 17.7 Å². The summed E-state index contributed by atoms with van der Waals surface area (Å²) >= 11 is 0. The van der Waals surface area contributed by atoms with Gasteiger partial charge in [-0.1, -0.05) is 5.16 Å². The van der Waals surface area contributed by atoms with Gasteiger partial charge in [-0.2, -0.15) is 0 Å². The lowest BCUT2D eigenvalue weighted by molar-refractivity contribution is 0.387. The maximum Gasteiger partial charge on any atom is 0.439 e. The quantitative estimate of drug-likeness (QED) is 0.734. The van der Waals surface area contributed by atoms with Crippen LogP contribution in [0, 0.1) is 17.5 Å². The van der Waals surface area contributed by atoms with Gasteiger partial charge in [-0.05, 0) is 12.1 Å². The number of H-pyrrole nitrogens is 1. The highest BCUT2D eigenvalue weighted by molar-refractivity contribution is 5.54. The van der Waals surface area contributed by atoms with Gasteiger partial charge in [-0.25, -0.2) is 18.0 Å². The molecule has 0 radical (unpaired) electrons. The monoisotopic (exact) mass is 216 g/mol. The van der Waals surface area contributed by atoms with Gasteiger partial charge in [-0.3, -0.25) is 9.51 Å². The fourth-order valence-corrected chi connectivity index (χ4v) is 1.05. The van der Waals surface area contributed by atoms with Crippen LogP contribution in [0.15, 0.2) is 21.5 Å². The molecule has 0 unspecified atom stereocenters. The van der Waals surface area contributed by atoms with Gasteiger partial charge < -0.3 is 0 Å². The van der Waals surface area contributed by atoms with E-state index < -0.39 is 23.2 Å². The number of benzene rings is 1. The van der Waals surface area contributed by atoms with E-state index in [1.807, 2.05) is 4.98 Å². The van der Waals surface area contributed by atoms with E-state index in [9.17, 15) is 18.0 Å². The summed E-state index contributed by atoms with van der Waals surface area (Å²) in [6, 6.07) is 1.67. The molecular formula is C8H3F3N2O2. The van der Waals surface area contributed by atoms with Crippen LogP contribution in [-0.4, -0.2) is 10.1 Å². The molecule has 15 heavy (non-hydrogen) atoms. The molecule has 0 aliphatic heterocycles. The molecular weight excluding hydrogens is 213 g/mol. The molecule has 1 heterocycles. The normalized spacial score (nSPS) is 10.6. The van der Waals surface area contributed by atoms with E-state index in [4.69, 9.17) is 0 Å². The molecule has 78 valence electrons. The van der Waals surface area contributed by atoms with Gasteiger partial charge in [0.05, 0.1) is 5.56 Å². The molecule has 0 saturated carbocycles. The first-order chi connectivity index (χ1) is 7.09. The Balaban J connectivity index is 2.64. The lowest BCUT2D eigenvalue weighted by Gasteiger charge is -1.99. The lowest BCUT2D eigenvalue weighted by atomic mass is 10.2. The van der Waals surface area contributed by atoms with Crippen molar-refractivity contribution in [3.8, 4) is 11.4 Å². The maximum atomic E-state index is 13.1. The molecule has 1 aromatic heterocycles. The largest absolute Gasteiger partial charge is 0.439 e. The Morgan fingerprint density at radius 2 is 1.93 bits per heavy atom. The average Bonchev–Trinajstić information content (AvgIpc) is 2.61. The standard InChI is InChI=1S/C8H3F3N2O2/c9-4-2-1-3(5(10)6(4)11)7-12-8(14)15-13-7/h1-2H,(H,12,13,14). The number of halogens is 3. The summed E-state index contributed by atoms with van der Waals surface area (Å²) in [6.45, 7) is 0. The molecule has 0 aliphatic carbocycles. The van der Waals surface area contributed by atoms with Crippen molar-refractivity contribution in [2.75, 3.05) is 0 Å². The second kappa shape index (κ2) is 3.26. The zero-order chi connectivity index (χ0) is 11.0. The van der Waals surface area contributed by atoms with Crippen LogP contribution in [0.5, 0.6) is 0 Å². The third-order valence-corrected chi connectivity index (χ3v) is 1.73. The summed E-state index contributed by atoms with van der Waals surface area (Å²) in [5, 5.41) is 3.15. The molecule has 0 bridgehead atoms.